The van der Waals surface area contributed by atoms with Gasteiger partial charge in [-0.05, 0) is 42.8 Å². The van der Waals surface area contributed by atoms with Gasteiger partial charge in [0.25, 0.3) is 5.91 Å². The Bertz CT molecular complexity index is 701. The third-order valence-electron chi connectivity index (χ3n) is 3.14. The summed E-state index contributed by atoms with van der Waals surface area (Å²) in [4.78, 5) is 23.4. The fourth-order valence-corrected chi connectivity index (χ4v) is 2.50. The molecule has 2 N–H and O–H groups in total. The monoisotopic (exact) mass is 360 g/mol. The molecule has 0 aliphatic heterocycles. The summed E-state index contributed by atoms with van der Waals surface area (Å²) in [5.74, 6) is -0.347. The zero-order valence-corrected chi connectivity index (χ0v) is 14.0. The van der Waals surface area contributed by atoms with E-state index >= 15 is 0 Å². The molecule has 0 bridgehead atoms. The molecule has 114 valence electrons. The van der Waals surface area contributed by atoms with Gasteiger partial charge in [-0.3, -0.25) is 9.59 Å². The van der Waals surface area contributed by atoms with Crippen LogP contribution in [0.3, 0.4) is 0 Å². The minimum Gasteiger partial charge on any atom is -0.346 e. The van der Waals surface area contributed by atoms with Crippen LogP contribution in [0.25, 0.3) is 0 Å². The largest absolute Gasteiger partial charge is 0.346 e. The van der Waals surface area contributed by atoms with Crippen LogP contribution >= 0.6 is 15.9 Å². The van der Waals surface area contributed by atoms with Crippen LogP contribution in [0, 0.1) is 0 Å². The first-order valence-electron chi connectivity index (χ1n) is 6.89. The zero-order chi connectivity index (χ0) is 16.1. The van der Waals surface area contributed by atoms with E-state index in [-0.39, 0.29) is 17.9 Å². The van der Waals surface area contributed by atoms with Crippen molar-refractivity contribution in [3.05, 3.63) is 64.1 Å². The summed E-state index contributed by atoms with van der Waals surface area (Å²) in [6.45, 7) is 3.36. The Morgan fingerprint density at radius 3 is 2.50 bits per heavy atom. The number of carbonyl (C=O) groups is 2. The summed E-state index contributed by atoms with van der Waals surface area (Å²) in [5, 5.41) is 5.62. The first-order chi connectivity index (χ1) is 10.5. The van der Waals surface area contributed by atoms with Crippen molar-refractivity contribution in [2.75, 3.05) is 5.32 Å². The molecule has 0 heterocycles. The van der Waals surface area contributed by atoms with Gasteiger partial charge in [0.1, 0.15) is 0 Å². The van der Waals surface area contributed by atoms with Crippen LogP contribution in [0.2, 0.25) is 0 Å². The van der Waals surface area contributed by atoms with Gasteiger partial charge >= 0.3 is 0 Å². The second-order valence-corrected chi connectivity index (χ2v) is 5.93. The summed E-state index contributed by atoms with van der Waals surface area (Å²) in [7, 11) is 0. The van der Waals surface area contributed by atoms with E-state index in [0.717, 1.165) is 10.0 Å². The molecule has 0 fully saturated rings. The third-order valence-corrected chi connectivity index (χ3v) is 3.63. The van der Waals surface area contributed by atoms with Crippen molar-refractivity contribution in [3.8, 4) is 0 Å². The first-order valence-corrected chi connectivity index (χ1v) is 7.69. The van der Waals surface area contributed by atoms with Crippen LogP contribution in [0.5, 0.6) is 0 Å². The second kappa shape index (κ2) is 7.22. The lowest BCUT2D eigenvalue weighted by atomic mass is 10.1. The van der Waals surface area contributed by atoms with Crippen molar-refractivity contribution < 1.29 is 9.59 Å². The van der Waals surface area contributed by atoms with Crippen LogP contribution in [-0.2, 0) is 4.79 Å². The van der Waals surface area contributed by atoms with Crippen LogP contribution in [-0.4, -0.2) is 11.8 Å². The standard InChI is InChI=1S/C17H17BrN2O2/c1-11(13-5-3-7-15(18)9-13)19-17(22)14-6-4-8-16(10-14)20-12(2)21/h3-11H,1-2H3,(H,19,22)(H,20,21). The molecular formula is C17H17BrN2O2. The van der Waals surface area contributed by atoms with Crippen molar-refractivity contribution in [1.29, 1.82) is 0 Å². The van der Waals surface area contributed by atoms with Crippen LogP contribution in [0.1, 0.15) is 35.8 Å². The van der Waals surface area contributed by atoms with Crippen molar-refractivity contribution in [1.82, 2.24) is 5.32 Å². The van der Waals surface area contributed by atoms with Crippen molar-refractivity contribution in [2.45, 2.75) is 19.9 Å². The van der Waals surface area contributed by atoms with E-state index in [1.54, 1.807) is 24.3 Å². The molecule has 2 aromatic rings. The second-order valence-electron chi connectivity index (χ2n) is 5.01. The minimum atomic E-state index is -0.181. The Hall–Kier alpha value is -2.14. The lowest BCUT2D eigenvalue weighted by molar-refractivity contribution is -0.114. The van der Waals surface area contributed by atoms with E-state index in [2.05, 4.69) is 26.6 Å². The highest BCUT2D eigenvalue weighted by atomic mass is 79.9. The number of rotatable bonds is 4. The molecule has 0 saturated heterocycles. The highest BCUT2D eigenvalue weighted by Gasteiger charge is 2.12. The maximum atomic E-state index is 12.3. The number of amides is 2. The van der Waals surface area contributed by atoms with E-state index in [1.165, 1.54) is 6.92 Å². The van der Waals surface area contributed by atoms with Gasteiger partial charge in [0, 0.05) is 22.6 Å². The number of hydrogen-bond donors (Lipinski definition) is 2. The van der Waals surface area contributed by atoms with Crippen LogP contribution in [0.4, 0.5) is 5.69 Å². The van der Waals surface area contributed by atoms with Gasteiger partial charge < -0.3 is 10.6 Å². The Balaban J connectivity index is 2.10. The summed E-state index contributed by atoms with van der Waals surface area (Å²) in [6, 6.07) is 14.5. The highest BCUT2D eigenvalue weighted by Crippen LogP contribution is 2.19. The molecule has 5 heteroatoms. The van der Waals surface area contributed by atoms with Crippen molar-refractivity contribution >= 4 is 33.4 Å². The fourth-order valence-electron chi connectivity index (χ4n) is 2.08. The molecule has 2 aromatic carbocycles. The topological polar surface area (TPSA) is 58.2 Å². The molecule has 0 radical (unpaired) electrons. The Morgan fingerprint density at radius 1 is 1.09 bits per heavy atom. The van der Waals surface area contributed by atoms with Crippen molar-refractivity contribution in [2.24, 2.45) is 0 Å². The van der Waals surface area contributed by atoms with Crippen LogP contribution < -0.4 is 10.6 Å². The molecule has 1 atom stereocenters. The van der Waals surface area contributed by atoms with Gasteiger partial charge in [0.15, 0.2) is 0 Å². The average molecular weight is 361 g/mol. The lowest BCUT2D eigenvalue weighted by Crippen LogP contribution is -2.26. The molecule has 0 aliphatic rings. The SMILES string of the molecule is CC(=O)Nc1cccc(C(=O)NC(C)c2cccc(Br)c2)c1. The van der Waals surface area contributed by atoms with Gasteiger partial charge in [-0.2, -0.15) is 0 Å². The molecule has 0 saturated carbocycles. The molecule has 2 amide bonds. The number of hydrogen-bond acceptors (Lipinski definition) is 2. The zero-order valence-electron chi connectivity index (χ0n) is 12.4. The molecule has 0 aliphatic carbocycles. The van der Waals surface area contributed by atoms with Gasteiger partial charge in [-0.15, -0.1) is 0 Å². The van der Waals surface area contributed by atoms with Gasteiger partial charge in [0.2, 0.25) is 5.91 Å². The number of benzene rings is 2. The Labute approximate surface area is 138 Å². The molecule has 4 nitrogen and oxygen atoms in total. The van der Waals surface area contributed by atoms with Gasteiger partial charge in [-0.25, -0.2) is 0 Å². The number of halogens is 1. The molecule has 0 spiro atoms. The highest BCUT2D eigenvalue weighted by molar-refractivity contribution is 9.10. The number of carbonyl (C=O) groups excluding carboxylic acids is 2. The van der Waals surface area contributed by atoms with Crippen LogP contribution in [0.15, 0.2) is 53.0 Å². The predicted molar refractivity (Wildman–Crippen MR) is 90.8 cm³/mol. The normalized spacial score (nSPS) is 11.6. The first kappa shape index (κ1) is 16.2. The fraction of sp³-hybridized carbons (Fsp3) is 0.176. The Morgan fingerprint density at radius 2 is 1.82 bits per heavy atom. The molecular weight excluding hydrogens is 344 g/mol. The van der Waals surface area contributed by atoms with Gasteiger partial charge in [-0.1, -0.05) is 34.1 Å². The third kappa shape index (κ3) is 4.43. The summed E-state index contributed by atoms with van der Waals surface area (Å²) < 4.78 is 0.971. The van der Waals surface area contributed by atoms with E-state index < -0.39 is 0 Å². The van der Waals surface area contributed by atoms with Gasteiger partial charge in [0.05, 0.1) is 6.04 Å². The molecule has 22 heavy (non-hydrogen) atoms. The predicted octanol–water partition coefficient (Wildman–Crippen LogP) is 3.90. The summed E-state index contributed by atoms with van der Waals surface area (Å²) in [5.41, 5.74) is 2.13. The minimum absolute atomic E-state index is 0.116. The Kier molecular flexibility index (Phi) is 5.33. The lowest BCUT2D eigenvalue weighted by Gasteiger charge is -2.15. The number of nitrogens with one attached hydrogen (secondary N) is 2. The van der Waals surface area contributed by atoms with E-state index in [1.807, 2.05) is 31.2 Å². The smallest absolute Gasteiger partial charge is 0.251 e. The quantitative estimate of drug-likeness (QED) is 0.868. The van der Waals surface area contributed by atoms with E-state index in [9.17, 15) is 9.59 Å². The molecule has 0 aromatic heterocycles. The van der Waals surface area contributed by atoms with Crippen molar-refractivity contribution in [3.63, 3.8) is 0 Å². The maximum Gasteiger partial charge on any atom is 0.251 e. The maximum absolute atomic E-state index is 12.3. The van der Waals surface area contributed by atoms with E-state index in [0.29, 0.717) is 11.3 Å². The summed E-state index contributed by atoms with van der Waals surface area (Å²) in [6.07, 6.45) is 0. The van der Waals surface area contributed by atoms with E-state index in [4.69, 9.17) is 0 Å². The molecule has 2 rings (SSSR count). The number of anilines is 1. The average Bonchev–Trinajstić information content (AvgIpc) is 2.46. The summed E-state index contributed by atoms with van der Waals surface area (Å²) >= 11 is 3.42. The molecule has 1 unspecified atom stereocenters.